The van der Waals surface area contributed by atoms with Gasteiger partial charge >= 0.3 is 6.09 Å². The standard InChI is InChI=1S/C23H28BrN5O3/c1-22(2,3)32-21(31)27-20-28-23(4,13-19(30)29(20)5)14-7-6-8-16(11-14)26-18-12-15(24)9-10-17(18)25/h6-12,26H,13,25H2,1-5H3,(H,27,28,31)/t23-/m0/s1. The van der Waals surface area contributed by atoms with Gasteiger partial charge in [-0.3, -0.25) is 15.0 Å². The van der Waals surface area contributed by atoms with Crippen molar-refractivity contribution in [2.45, 2.75) is 45.3 Å². The maximum absolute atomic E-state index is 12.7. The number of nitrogen functional groups attached to an aromatic ring is 1. The summed E-state index contributed by atoms with van der Waals surface area (Å²) in [5, 5.41) is 5.92. The lowest BCUT2D eigenvalue weighted by atomic mass is 9.87. The average molecular weight is 502 g/mol. The first-order chi connectivity index (χ1) is 14.9. The van der Waals surface area contributed by atoms with Crippen molar-refractivity contribution in [1.29, 1.82) is 0 Å². The van der Waals surface area contributed by atoms with Crippen LogP contribution in [0.15, 0.2) is 51.9 Å². The molecule has 1 heterocycles. The Morgan fingerprint density at radius 3 is 2.66 bits per heavy atom. The summed E-state index contributed by atoms with van der Waals surface area (Å²) in [6.45, 7) is 7.17. The number of amides is 2. The Morgan fingerprint density at radius 2 is 1.97 bits per heavy atom. The highest BCUT2D eigenvalue weighted by atomic mass is 79.9. The number of halogens is 1. The number of nitrogens with two attached hydrogens (primary N) is 1. The van der Waals surface area contributed by atoms with Gasteiger partial charge in [0.1, 0.15) is 5.60 Å². The topological polar surface area (TPSA) is 109 Å². The van der Waals surface area contributed by atoms with E-state index in [1.165, 1.54) is 4.90 Å². The molecule has 8 nitrogen and oxygen atoms in total. The number of nitrogens with zero attached hydrogens (tertiary/aromatic N) is 2. The van der Waals surface area contributed by atoms with E-state index in [4.69, 9.17) is 15.5 Å². The van der Waals surface area contributed by atoms with E-state index >= 15 is 0 Å². The van der Waals surface area contributed by atoms with Gasteiger partial charge in [-0.05, 0) is 63.6 Å². The van der Waals surface area contributed by atoms with E-state index in [-0.39, 0.29) is 18.3 Å². The molecule has 0 saturated heterocycles. The Morgan fingerprint density at radius 1 is 1.25 bits per heavy atom. The molecular weight excluding hydrogens is 474 g/mol. The number of ether oxygens (including phenoxy) is 1. The Bertz CT molecular complexity index is 1080. The molecule has 0 saturated carbocycles. The molecule has 0 unspecified atom stereocenters. The van der Waals surface area contributed by atoms with Gasteiger partial charge in [0.15, 0.2) is 0 Å². The lowest BCUT2D eigenvalue weighted by Crippen LogP contribution is -2.52. The zero-order chi connectivity index (χ0) is 23.7. The second-order valence-electron chi connectivity index (χ2n) is 8.90. The highest BCUT2D eigenvalue weighted by Crippen LogP contribution is 2.35. The molecule has 2 aromatic rings. The van der Waals surface area contributed by atoms with Crippen molar-refractivity contribution in [2.24, 2.45) is 4.99 Å². The first kappa shape index (κ1) is 23.6. The third-order valence-corrected chi connectivity index (χ3v) is 5.42. The molecule has 3 rings (SSSR count). The van der Waals surface area contributed by atoms with Gasteiger partial charge < -0.3 is 15.8 Å². The van der Waals surface area contributed by atoms with Crippen LogP contribution in [0.3, 0.4) is 0 Å². The number of hydrogen-bond acceptors (Lipinski definition) is 6. The lowest BCUT2D eigenvalue weighted by molar-refractivity contribution is -0.128. The summed E-state index contributed by atoms with van der Waals surface area (Å²) < 4.78 is 6.21. The molecule has 1 aliphatic rings. The second kappa shape index (κ2) is 8.82. The van der Waals surface area contributed by atoms with E-state index in [9.17, 15) is 9.59 Å². The Hall–Kier alpha value is -3.07. The highest BCUT2D eigenvalue weighted by Gasteiger charge is 2.38. The molecule has 0 fully saturated rings. The molecule has 32 heavy (non-hydrogen) atoms. The van der Waals surface area contributed by atoms with E-state index in [0.717, 1.165) is 21.4 Å². The number of alkyl carbamates (subject to hydrolysis) is 1. The predicted octanol–water partition coefficient (Wildman–Crippen LogP) is 4.73. The summed E-state index contributed by atoms with van der Waals surface area (Å²) in [6, 6.07) is 13.2. The van der Waals surface area contributed by atoms with Crippen LogP contribution < -0.4 is 16.4 Å². The summed E-state index contributed by atoms with van der Waals surface area (Å²) in [5.41, 5.74) is 7.54. The number of anilines is 3. The number of aliphatic imine (C=N–C) groups is 1. The van der Waals surface area contributed by atoms with Crippen molar-refractivity contribution in [2.75, 3.05) is 18.1 Å². The molecule has 0 bridgehead atoms. The third-order valence-electron chi connectivity index (χ3n) is 4.93. The van der Waals surface area contributed by atoms with Crippen LogP contribution >= 0.6 is 15.9 Å². The van der Waals surface area contributed by atoms with Crippen molar-refractivity contribution in [1.82, 2.24) is 10.2 Å². The monoisotopic (exact) mass is 501 g/mol. The van der Waals surface area contributed by atoms with Gasteiger partial charge in [-0.15, -0.1) is 0 Å². The number of carbonyl (C=O) groups is 2. The quantitative estimate of drug-likeness (QED) is 0.526. The van der Waals surface area contributed by atoms with Crippen molar-refractivity contribution in [3.05, 3.63) is 52.5 Å². The number of carbonyl (C=O) groups excluding carboxylic acids is 2. The van der Waals surface area contributed by atoms with E-state index in [1.807, 2.05) is 49.4 Å². The van der Waals surface area contributed by atoms with Crippen molar-refractivity contribution < 1.29 is 14.3 Å². The Labute approximate surface area is 196 Å². The Kier molecular flexibility index (Phi) is 6.50. The van der Waals surface area contributed by atoms with Gasteiger partial charge in [-0.2, -0.15) is 0 Å². The second-order valence-corrected chi connectivity index (χ2v) is 9.82. The first-order valence-electron chi connectivity index (χ1n) is 10.2. The van der Waals surface area contributed by atoms with E-state index < -0.39 is 17.2 Å². The fraction of sp³-hybridized carbons (Fsp3) is 0.348. The molecule has 4 N–H and O–H groups in total. The molecule has 1 aliphatic heterocycles. The van der Waals surface area contributed by atoms with Crippen LogP contribution in [0.1, 0.15) is 39.7 Å². The fourth-order valence-corrected chi connectivity index (χ4v) is 3.64. The van der Waals surface area contributed by atoms with Crippen LogP contribution in [-0.4, -0.2) is 35.5 Å². The van der Waals surface area contributed by atoms with Gasteiger partial charge in [0.05, 0.1) is 23.3 Å². The minimum absolute atomic E-state index is 0.146. The number of rotatable bonds is 3. The first-order valence-corrected chi connectivity index (χ1v) is 10.9. The van der Waals surface area contributed by atoms with Crippen LogP contribution in [-0.2, 0) is 15.1 Å². The fourth-order valence-electron chi connectivity index (χ4n) is 3.28. The molecule has 0 spiro atoms. The molecule has 0 aliphatic carbocycles. The van der Waals surface area contributed by atoms with Crippen LogP contribution in [0, 0.1) is 0 Å². The molecular formula is C23H28BrN5O3. The zero-order valence-electron chi connectivity index (χ0n) is 18.8. The smallest absolute Gasteiger partial charge is 0.414 e. The number of hydrogen-bond donors (Lipinski definition) is 3. The minimum Gasteiger partial charge on any atom is -0.444 e. The van der Waals surface area contributed by atoms with Gasteiger partial charge in [0.25, 0.3) is 0 Å². The Balaban J connectivity index is 1.90. The summed E-state index contributed by atoms with van der Waals surface area (Å²) in [7, 11) is 1.58. The summed E-state index contributed by atoms with van der Waals surface area (Å²) in [6.07, 6.45) is -0.508. The van der Waals surface area contributed by atoms with Crippen LogP contribution in [0.25, 0.3) is 0 Å². The predicted molar refractivity (Wildman–Crippen MR) is 130 cm³/mol. The highest BCUT2D eigenvalue weighted by molar-refractivity contribution is 9.10. The van der Waals surface area contributed by atoms with Gasteiger partial charge in [-0.25, -0.2) is 9.79 Å². The summed E-state index contributed by atoms with van der Waals surface area (Å²) in [4.78, 5) is 31.0. The molecule has 0 radical (unpaired) electrons. The summed E-state index contributed by atoms with van der Waals surface area (Å²) in [5.74, 6) is -0.0178. The maximum atomic E-state index is 12.7. The molecule has 2 amide bonds. The van der Waals surface area contributed by atoms with Crippen molar-refractivity contribution in [3.63, 3.8) is 0 Å². The average Bonchev–Trinajstić information content (AvgIpc) is 2.67. The van der Waals surface area contributed by atoms with E-state index in [2.05, 4.69) is 26.6 Å². The molecule has 9 heteroatoms. The number of benzene rings is 2. The van der Waals surface area contributed by atoms with Crippen LogP contribution in [0.4, 0.5) is 21.9 Å². The molecule has 0 aromatic heterocycles. The van der Waals surface area contributed by atoms with Crippen LogP contribution in [0.5, 0.6) is 0 Å². The SMILES string of the molecule is CN1C(=O)C[C@@](C)(c2cccc(Nc3cc(Br)ccc3N)c2)N=C1NC(=O)OC(C)(C)C. The van der Waals surface area contributed by atoms with Crippen molar-refractivity contribution >= 4 is 51.0 Å². The maximum Gasteiger partial charge on any atom is 0.414 e. The third kappa shape index (κ3) is 5.59. The number of guanidine groups is 1. The lowest BCUT2D eigenvalue weighted by Gasteiger charge is -2.35. The molecule has 2 aromatic carbocycles. The molecule has 1 atom stereocenters. The molecule has 170 valence electrons. The van der Waals surface area contributed by atoms with Gasteiger partial charge in [-0.1, -0.05) is 28.1 Å². The normalized spacial score (nSPS) is 18.8. The van der Waals surface area contributed by atoms with E-state index in [0.29, 0.717) is 5.69 Å². The van der Waals surface area contributed by atoms with Gasteiger partial charge in [0, 0.05) is 17.2 Å². The number of nitrogens with one attached hydrogen (secondary N) is 2. The van der Waals surface area contributed by atoms with Gasteiger partial charge in [0.2, 0.25) is 11.9 Å². The van der Waals surface area contributed by atoms with Crippen LogP contribution in [0.2, 0.25) is 0 Å². The van der Waals surface area contributed by atoms with E-state index in [1.54, 1.807) is 27.8 Å². The minimum atomic E-state index is -0.867. The largest absolute Gasteiger partial charge is 0.444 e. The zero-order valence-corrected chi connectivity index (χ0v) is 20.4. The summed E-state index contributed by atoms with van der Waals surface area (Å²) >= 11 is 3.45. The van der Waals surface area contributed by atoms with Crippen molar-refractivity contribution in [3.8, 4) is 0 Å².